The van der Waals surface area contributed by atoms with E-state index in [0.717, 1.165) is 0 Å². The number of carbonyl (C=O) groups is 1. The number of carbonyl (C=O) groups excluding carboxylic acids is 1. The van der Waals surface area contributed by atoms with Gasteiger partial charge in [0, 0.05) is 18.7 Å². The highest BCUT2D eigenvalue weighted by atomic mass is 32.2. The molecule has 1 aliphatic rings. The maximum absolute atomic E-state index is 13.4. The predicted molar refractivity (Wildman–Crippen MR) is 91.8 cm³/mol. The first-order valence-electron chi connectivity index (χ1n) is 7.90. The zero-order chi connectivity index (χ0) is 17.9. The Bertz CT molecular complexity index is 874. The van der Waals surface area contributed by atoms with E-state index in [1.807, 2.05) is 0 Å². The van der Waals surface area contributed by atoms with Gasteiger partial charge < -0.3 is 9.32 Å². The Morgan fingerprint density at radius 2 is 2.16 bits per heavy atom. The number of hydrogen-bond acceptors (Lipinski definition) is 4. The molecule has 0 spiro atoms. The molecule has 1 saturated heterocycles. The third kappa shape index (κ3) is 4.57. The van der Waals surface area contributed by atoms with Crippen molar-refractivity contribution >= 4 is 21.8 Å². The fourth-order valence-electron chi connectivity index (χ4n) is 2.88. The van der Waals surface area contributed by atoms with E-state index in [-0.39, 0.29) is 24.0 Å². The fraction of sp³-hybridized carbons (Fsp3) is 0.278. The molecule has 132 valence electrons. The van der Waals surface area contributed by atoms with Gasteiger partial charge in [0.1, 0.15) is 11.6 Å². The maximum Gasteiger partial charge on any atom is 0.247 e. The molecule has 1 fully saturated rings. The van der Waals surface area contributed by atoms with Crippen molar-refractivity contribution in [3.63, 3.8) is 0 Å². The fourth-order valence-corrected chi connectivity index (χ4v) is 4.61. The van der Waals surface area contributed by atoms with Crippen molar-refractivity contribution in [3.05, 3.63) is 65.9 Å². The SMILES string of the molecule is O=C(C=Cc1ccco1)N(Cc1cccc(F)c1)C1CCS(=O)(=O)C1. The van der Waals surface area contributed by atoms with Gasteiger partial charge in [-0.2, -0.15) is 0 Å². The van der Waals surface area contributed by atoms with Crippen LogP contribution < -0.4 is 0 Å². The summed E-state index contributed by atoms with van der Waals surface area (Å²) in [6.45, 7) is 0.152. The third-order valence-corrected chi connectivity index (χ3v) is 5.86. The van der Waals surface area contributed by atoms with Crippen molar-refractivity contribution < 1.29 is 22.0 Å². The monoisotopic (exact) mass is 363 g/mol. The molecule has 0 saturated carbocycles. The Balaban J connectivity index is 1.82. The normalized spacial score (nSPS) is 19.3. The number of halogens is 1. The van der Waals surface area contributed by atoms with Crippen molar-refractivity contribution in [2.45, 2.75) is 19.0 Å². The standard InChI is InChI=1S/C18H18FNO4S/c19-15-4-1-3-14(11-15)12-20(16-8-10-25(22,23)13-16)18(21)7-6-17-5-2-9-24-17/h1-7,9,11,16H,8,10,12-13H2. The van der Waals surface area contributed by atoms with Gasteiger partial charge in [0.2, 0.25) is 5.91 Å². The van der Waals surface area contributed by atoms with Gasteiger partial charge in [-0.15, -0.1) is 0 Å². The molecule has 1 aromatic heterocycles. The minimum absolute atomic E-state index is 0.0620. The van der Waals surface area contributed by atoms with Crippen molar-refractivity contribution in [2.24, 2.45) is 0 Å². The summed E-state index contributed by atoms with van der Waals surface area (Å²) in [4.78, 5) is 14.1. The Hall–Kier alpha value is -2.41. The van der Waals surface area contributed by atoms with E-state index in [4.69, 9.17) is 4.42 Å². The molecule has 1 aromatic carbocycles. The Morgan fingerprint density at radius 3 is 2.80 bits per heavy atom. The number of sulfone groups is 1. The van der Waals surface area contributed by atoms with Crippen LogP contribution in [-0.2, 0) is 21.2 Å². The largest absolute Gasteiger partial charge is 0.465 e. The molecule has 7 heteroatoms. The van der Waals surface area contributed by atoms with E-state index in [9.17, 15) is 17.6 Å². The minimum atomic E-state index is -3.14. The smallest absolute Gasteiger partial charge is 0.247 e. The molecule has 0 aliphatic carbocycles. The highest BCUT2D eigenvalue weighted by Crippen LogP contribution is 2.21. The molecule has 3 rings (SSSR count). The average Bonchev–Trinajstić information content (AvgIpc) is 3.19. The lowest BCUT2D eigenvalue weighted by Crippen LogP contribution is -2.39. The Kier molecular flexibility index (Phi) is 5.03. The molecular formula is C18H18FNO4S. The molecule has 2 heterocycles. The summed E-state index contributed by atoms with van der Waals surface area (Å²) >= 11 is 0. The lowest BCUT2D eigenvalue weighted by atomic mass is 10.1. The number of nitrogens with zero attached hydrogens (tertiary/aromatic N) is 1. The van der Waals surface area contributed by atoms with Crippen molar-refractivity contribution in [1.82, 2.24) is 4.90 Å². The summed E-state index contributed by atoms with van der Waals surface area (Å²) < 4.78 is 42.2. The van der Waals surface area contributed by atoms with Gasteiger partial charge in [0.15, 0.2) is 9.84 Å². The van der Waals surface area contributed by atoms with Crippen LogP contribution in [0, 0.1) is 5.82 Å². The predicted octanol–water partition coefficient (Wildman–Crippen LogP) is 2.65. The van der Waals surface area contributed by atoms with Crippen molar-refractivity contribution in [3.8, 4) is 0 Å². The molecule has 0 bridgehead atoms. The lowest BCUT2D eigenvalue weighted by molar-refractivity contribution is -0.128. The first-order valence-corrected chi connectivity index (χ1v) is 9.72. The van der Waals surface area contributed by atoms with E-state index in [2.05, 4.69) is 0 Å². The van der Waals surface area contributed by atoms with Crippen LogP contribution >= 0.6 is 0 Å². The number of rotatable bonds is 5. The van der Waals surface area contributed by atoms with Crippen LogP contribution in [0.25, 0.3) is 6.08 Å². The van der Waals surface area contributed by atoms with Crippen LogP contribution in [0.5, 0.6) is 0 Å². The van der Waals surface area contributed by atoms with E-state index >= 15 is 0 Å². The summed E-state index contributed by atoms with van der Waals surface area (Å²) in [5.74, 6) is -0.203. The maximum atomic E-state index is 13.4. The van der Waals surface area contributed by atoms with Crippen LogP contribution in [-0.4, -0.2) is 36.8 Å². The molecule has 0 radical (unpaired) electrons. The molecule has 0 N–H and O–H groups in total. The molecule has 1 unspecified atom stereocenters. The third-order valence-electron chi connectivity index (χ3n) is 4.11. The second kappa shape index (κ2) is 7.23. The number of benzene rings is 1. The van der Waals surface area contributed by atoms with Crippen molar-refractivity contribution in [1.29, 1.82) is 0 Å². The molecule has 2 aromatic rings. The highest BCUT2D eigenvalue weighted by Gasteiger charge is 2.34. The number of hydrogen-bond donors (Lipinski definition) is 0. The van der Waals surface area contributed by atoms with Crippen LogP contribution in [0.15, 0.2) is 53.2 Å². The van der Waals surface area contributed by atoms with Gasteiger partial charge in [0.05, 0.1) is 17.8 Å². The van der Waals surface area contributed by atoms with E-state index < -0.39 is 21.7 Å². The zero-order valence-corrected chi connectivity index (χ0v) is 14.3. The molecule has 25 heavy (non-hydrogen) atoms. The van der Waals surface area contributed by atoms with Crippen LogP contribution in [0.1, 0.15) is 17.7 Å². The Labute approximate surface area is 145 Å². The van der Waals surface area contributed by atoms with Crippen LogP contribution in [0.2, 0.25) is 0 Å². The second-order valence-electron chi connectivity index (χ2n) is 6.00. The van der Waals surface area contributed by atoms with E-state index in [0.29, 0.717) is 17.7 Å². The average molecular weight is 363 g/mol. The van der Waals surface area contributed by atoms with Crippen molar-refractivity contribution in [2.75, 3.05) is 11.5 Å². The minimum Gasteiger partial charge on any atom is -0.465 e. The summed E-state index contributed by atoms with van der Waals surface area (Å²) in [6.07, 6.45) is 4.77. The van der Waals surface area contributed by atoms with Crippen LogP contribution in [0.3, 0.4) is 0 Å². The molecule has 1 aliphatic heterocycles. The molecular weight excluding hydrogens is 345 g/mol. The van der Waals surface area contributed by atoms with Gasteiger partial charge in [-0.3, -0.25) is 4.79 Å². The molecule has 5 nitrogen and oxygen atoms in total. The highest BCUT2D eigenvalue weighted by molar-refractivity contribution is 7.91. The van der Waals surface area contributed by atoms with Gasteiger partial charge in [-0.25, -0.2) is 12.8 Å². The summed E-state index contributed by atoms with van der Waals surface area (Å²) in [6, 6.07) is 8.95. The van der Waals surface area contributed by atoms with E-state index in [1.54, 1.807) is 24.3 Å². The lowest BCUT2D eigenvalue weighted by Gasteiger charge is -2.27. The second-order valence-corrected chi connectivity index (χ2v) is 8.23. The molecule has 1 amide bonds. The Morgan fingerprint density at radius 1 is 1.32 bits per heavy atom. The summed E-state index contributed by atoms with van der Waals surface area (Å²) in [7, 11) is -3.14. The first-order chi connectivity index (χ1) is 11.9. The van der Waals surface area contributed by atoms with Gasteiger partial charge >= 0.3 is 0 Å². The zero-order valence-electron chi connectivity index (χ0n) is 13.5. The topological polar surface area (TPSA) is 67.6 Å². The molecule has 1 atom stereocenters. The quantitative estimate of drug-likeness (QED) is 0.766. The summed E-state index contributed by atoms with van der Waals surface area (Å²) in [5, 5.41) is 0. The van der Waals surface area contributed by atoms with Crippen LogP contribution in [0.4, 0.5) is 4.39 Å². The number of amides is 1. The summed E-state index contributed by atoms with van der Waals surface area (Å²) in [5.41, 5.74) is 0.615. The van der Waals surface area contributed by atoms with Gasteiger partial charge in [-0.1, -0.05) is 12.1 Å². The van der Waals surface area contributed by atoms with Gasteiger partial charge in [-0.05, 0) is 42.3 Å². The number of furan rings is 1. The van der Waals surface area contributed by atoms with E-state index in [1.165, 1.54) is 35.4 Å². The first kappa shape index (κ1) is 17.4. The van der Waals surface area contributed by atoms with Gasteiger partial charge in [0.25, 0.3) is 0 Å².